The second kappa shape index (κ2) is 9.34. The number of amides is 2. The molecule has 0 spiro atoms. The normalized spacial score (nSPS) is 19.5. The standard InChI is InChI=1S/C20H24F3N3O4/c1-19(2,29)18(28)26-15-7-5-13(6-8-15)17(27)25-11-14-4-3-12(10-24)9-16(14)30-20(21,22)23/h3-4,9,13,15,29H,5-8,11H2,1-2H3,(H,25,27)(H,26,28). The highest BCUT2D eigenvalue weighted by molar-refractivity contribution is 5.84. The Balaban J connectivity index is 1.91. The van der Waals surface area contributed by atoms with Crippen molar-refractivity contribution in [1.29, 1.82) is 5.26 Å². The zero-order valence-electron chi connectivity index (χ0n) is 16.7. The first kappa shape index (κ1) is 23.5. The largest absolute Gasteiger partial charge is 0.573 e. The number of carbonyl (C=O) groups is 2. The van der Waals surface area contributed by atoms with Gasteiger partial charge in [0, 0.05) is 24.1 Å². The quantitative estimate of drug-likeness (QED) is 0.646. The molecule has 1 aromatic rings. The highest BCUT2D eigenvalue weighted by Gasteiger charge is 2.33. The topological polar surface area (TPSA) is 111 Å². The van der Waals surface area contributed by atoms with Crippen LogP contribution in [0.4, 0.5) is 13.2 Å². The van der Waals surface area contributed by atoms with E-state index in [1.807, 2.05) is 0 Å². The Morgan fingerprint density at radius 3 is 2.40 bits per heavy atom. The second-order valence-corrected chi connectivity index (χ2v) is 7.78. The molecule has 2 amide bonds. The van der Waals surface area contributed by atoms with E-state index in [1.54, 1.807) is 6.07 Å². The van der Waals surface area contributed by atoms with Crippen LogP contribution in [0.3, 0.4) is 0 Å². The van der Waals surface area contributed by atoms with Crippen LogP contribution in [0.5, 0.6) is 5.75 Å². The van der Waals surface area contributed by atoms with Gasteiger partial charge in [-0.15, -0.1) is 13.2 Å². The summed E-state index contributed by atoms with van der Waals surface area (Å²) in [6, 6.07) is 5.24. The molecule has 0 unspecified atom stereocenters. The summed E-state index contributed by atoms with van der Waals surface area (Å²) in [6.07, 6.45) is -2.80. The molecule has 1 aromatic carbocycles. The van der Waals surface area contributed by atoms with Gasteiger partial charge in [0.2, 0.25) is 5.91 Å². The predicted octanol–water partition coefficient (Wildman–Crippen LogP) is 2.52. The third kappa shape index (κ3) is 6.91. The Morgan fingerprint density at radius 1 is 1.23 bits per heavy atom. The van der Waals surface area contributed by atoms with Crippen LogP contribution in [-0.4, -0.2) is 34.9 Å². The number of aliphatic hydroxyl groups is 1. The molecule has 10 heteroatoms. The van der Waals surface area contributed by atoms with Gasteiger partial charge in [0.05, 0.1) is 11.6 Å². The molecule has 3 N–H and O–H groups in total. The van der Waals surface area contributed by atoms with Crippen molar-refractivity contribution in [3.8, 4) is 11.8 Å². The van der Waals surface area contributed by atoms with Crippen LogP contribution < -0.4 is 15.4 Å². The Kier molecular flexibility index (Phi) is 7.31. The fraction of sp³-hybridized carbons (Fsp3) is 0.550. The van der Waals surface area contributed by atoms with E-state index in [4.69, 9.17) is 5.26 Å². The maximum absolute atomic E-state index is 12.6. The highest BCUT2D eigenvalue weighted by atomic mass is 19.4. The number of hydrogen-bond acceptors (Lipinski definition) is 5. The summed E-state index contributed by atoms with van der Waals surface area (Å²) in [6.45, 7) is 2.61. The zero-order chi connectivity index (χ0) is 22.5. The van der Waals surface area contributed by atoms with Crippen LogP contribution in [0.2, 0.25) is 0 Å². The molecule has 0 atom stereocenters. The minimum absolute atomic E-state index is 0.00996. The van der Waals surface area contributed by atoms with Crippen molar-refractivity contribution >= 4 is 11.8 Å². The molecule has 2 rings (SSSR count). The van der Waals surface area contributed by atoms with Crippen molar-refractivity contribution in [3.05, 3.63) is 29.3 Å². The zero-order valence-corrected chi connectivity index (χ0v) is 16.7. The van der Waals surface area contributed by atoms with Gasteiger partial charge in [0.1, 0.15) is 11.4 Å². The van der Waals surface area contributed by atoms with Gasteiger partial charge in [-0.1, -0.05) is 6.07 Å². The number of rotatable bonds is 6. The summed E-state index contributed by atoms with van der Waals surface area (Å²) in [5.74, 6) is -1.64. The van der Waals surface area contributed by atoms with Crippen LogP contribution in [0.1, 0.15) is 50.7 Å². The molecule has 30 heavy (non-hydrogen) atoms. The van der Waals surface area contributed by atoms with Crippen LogP contribution >= 0.6 is 0 Å². The predicted molar refractivity (Wildman–Crippen MR) is 99.9 cm³/mol. The van der Waals surface area contributed by atoms with E-state index in [0.717, 1.165) is 6.07 Å². The van der Waals surface area contributed by atoms with E-state index < -0.39 is 23.6 Å². The molecule has 1 aliphatic rings. The first-order valence-electron chi connectivity index (χ1n) is 9.49. The molecule has 7 nitrogen and oxygen atoms in total. The van der Waals surface area contributed by atoms with Gasteiger partial charge in [-0.25, -0.2) is 0 Å². The third-order valence-corrected chi connectivity index (χ3v) is 4.86. The van der Waals surface area contributed by atoms with E-state index >= 15 is 0 Å². The van der Waals surface area contributed by atoms with Gasteiger partial charge in [0.15, 0.2) is 0 Å². The van der Waals surface area contributed by atoms with Crippen molar-refractivity contribution in [3.63, 3.8) is 0 Å². The molecule has 1 fully saturated rings. The summed E-state index contributed by atoms with van der Waals surface area (Å²) >= 11 is 0. The van der Waals surface area contributed by atoms with E-state index in [9.17, 15) is 27.9 Å². The molecule has 0 heterocycles. The molecule has 0 aliphatic heterocycles. The van der Waals surface area contributed by atoms with Crippen LogP contribution in [0, 0.1) is 17.2 Å². The Bertz CT molecular complexity index is 820. The third-order valence-electron chi connectivity index (χ3n) is 4.86. The van der Waals surface area contributed by atoms with Gasteiger partial charge < -0.3 is 20.5 Å². The molecule has 0 radical (unpaired) electrons. The average Bonchev–Trinajstić information content (AvgIpc) is 2.65. The van der Waals surface area contributed by atoms with Gasteiger partial charge in [-0.3, -0.25) is 9.59 Å². The van der Waals surface area contributed by atoms with E-state index in [0.29, 0.717) is 25.7 Å². The molecule has 1 aliphatic carbocycles. The Labute approximate surface area is 172 Å². The lowest BCUT2D eigenvalue weighted by Gasteiger charge is -2.30. The number of halogens is 3. The lowest BCUT2D eigenvalue weighted by Crippen LogP contribution is -2.48. The molecular formula is C20H24F3N3O4. The van der Waals surface area contributed by atoms with Gasteiger partial charge in [-0.2, -0.15) is 5.26 Å². The molecule has 0 aromatic heterocycles. The first-order chi connectivity index (χ1) is 13.9. The molecule has 0 saturated heterocycles. The fourth-order valence-corrected chi connectivity index (χ4v) is 3.18. The lowest BCUT2D eigenvalue weighted by molar-refractivity contribution is -0.274. The first-order valence-corrected chi connectivity index (χ1v) is 9.49. The maximum atomic E-state index is 12.6. The minimum atomic E-state index is -4.92. The fourth-order valence-electron chi connectivity index (χ4n) is 3.18. The molecule has 164 valence electrons. The number of alkyl halides is 3. The average molecular weight is 427 g/mol. The van der Waals surface area contributed by atoms with Crippen molar-refractivity contribution in [2.75, 3.05) is 0 Å². The summed E-state index contributed by atoms with van der Waals surface area (Å²) in [5.41, 5.74) is -1.37. The number of ether oxygens (including phenoxy) is 1. The Hall–Kier alpha value is -2.80. The minimum Gasteiger partial charge on any atom is -0.405 e. The van der Waals surface area contributed by atoms with Gasteiger partial charge in [0.25, 0.3) is 5.91 Å². The van der Waals surface area contributed by atoms with Crippen LogP contribution in [-0.2, 0) is 16.1 Å². The number of benzene rings is 1. The highest BCUT2D eigenvalue weighted by Crippen LogP contribution is 2.28. The summed E-state index contributed by atoms with van der Waals surface area (Å²) in [4.78, 5) is 24.3. The maximum Gasteiger partial charge on any atom is 0.573 e. The van der Waals surface area contributed by atoms with Crippen molar-refractivity contribution in [1.82, 2.24) is 10.6 Å². The SMILES string of the molecule is CC(C)(O)C(=O)NC1CCC(C(=O)NCc2ccc(C#N)cc2OC(F)(F)F)CC1. The van der Waals surface area contributed by atoms with E-state index in [-0.39, 0.29) is 35.5 Å². The van der Waals surface area contributed by atoms with Crippen LogP contribution in [0.25, 0.3) is 0 Å². The molecule has 0 bridgehead atoms. The summed E-state index contributed by atoms with van der Waals surface area (Å²) in [7, 11) is 0. The second-order valence-electron chi connectivity index (χ2n) is 7.78. The van der Waals surface area contributed by atoms with Crippen molar-refractivity contribution < 1.29 is 32.6 Å². The van der Waals surface area contributed by atoms with Crippen molar-refractivity contribution in [2.24, 2.45) is 5.92 Å². The number of nitrogens with zero attached hydrogens (tertiary/aromatic N) is 1. The number of hydrogen-bond donors (Lipinski definition) is 3. The monoisotopic (exact) mass is 427 g/mol. The molecule has 1 saturated carbocycles. The van der Waals surface area contributed by atoms with Gasteiger partial charge in [-0.05, 0) is 51.7 Å². The van der Waals surface area contributed by atoms with Crippen molar-refractivity contribution in [2.45, 2.75) is 64.1 Å². The number of nitrogens with one attached hydrogen (secondary N) is 2. The summed E-state index contributed by atoms with van der Waals surface area (Å²) in [5, 5.41) is 23.9. The van der Waals surface area contributed by atoms with E-state index in [2.05, 4.69) is 15.4 Å². The Morgan fingerprint density at radius 2 is 1.87 bits per heavy atom. The summed E-state index contributed by atoms with van der Waals surface area (Å²) < 4.78 is 41.8. The lowest BCUT2D eigenvalue weighted by atomic mass is 9.85. The molecular weight excluding hydrogens is 403 g/mol. The van der Waals surface area contributed by atoms with E-state index in [1.165, 1.54) is 26.0 Å². The van der Waals surface area contributed by atoms with Crippen LogP contribution in [0.15, 0.2) is 18.2 Å². The number of carbonyl (C=O) groups excluding carboxylic acids is 2. The smallest absolute Gasteiger partial charge is 0.405 e. The number of nitriles is 1. The van der Waals surface area contributed by atoms with Gasteiger partial charge >= 0.3 is 6.36 Å².